The van der Waals surface area contributed by atoms with Crippen LogP contribution in [-0.2, 0) is 6.54 Å². The van der Waals surface area contributed by atoms with Crippen molar-refractivity contribution in [3.8, 4) is 0 Å². The summed E-state index contributed by atoms with van der Waals surface area (Å²) in [7, 11) is 2.26. The smallest absolute Gasteiger partial charge is 0.0798 e. The average Bonchev–Trinajstić information content (AvgIpc) is 2.79. The molecule has 0 amide bonds. The molecule has 1 aliphatic carbocycles. The number of rotatable bonds is 3. The van der Waals surface area contributed by atoms with Crippen LogP contribution in [0.4, 0.5) is 0 Å². The fraction of sp³-hybridized carbons (Fsp3) is 0.769. The number of fused-ring (bicyclic) bond motifs is 2. The van der Waals surface area contributed by atoms with Crippen molar-refractivity contribution in [1.82, 2.24) is 15.2 Å². The summed E-state index contributed by atoms with van der Waals surface area (Å²) in [6.45, 7) is 5.67. The Balaban J connectivity index is 1.61. The summed E-state index contributed by atoms with van der Waals surface area (Å²) in [6, 6.07) is 0.743. The van der Waals surface area contributed by atoms with Crippen LogP contribution in [-0.4, -0.2) is 36.1 Å². The van der Waals surface area contributed by atoms with Crippen LogP contribution in [0.15, 0.2) is 5.51 Å². The van der Waals surface area contributed by atoms with Gasteiger partial charge in [-0.1, -0.05) is 0 Å². The number of aromatic nitrogens is 1. The maximum Gasteiger partial charge on any atom is 0.0798 e. The Bertz CT molecular complexity index is 376. The monoisotopic (exact) mass is 251 g/mol. The van der Waals surface area contributed by atoms with Gasteiger partial charge in [0, 0.05) is 30.6 Å². The van der Waals surface area contributed by atoms with E-state index in [1.54, 1.807) is 11.3 Å². The third-order valence-electron chi connectivity index (χ3n) is 4.36. The molecule has 2 unspecified atom stereocenters. The SMILES string of the molecule is Cc1ncsc1CNC1C2CCC1CN(C)C2. The van der Waals surface area contributed by atoms with Crippen molar-refractivity contribution in [2.75, 3.05) is 20.1 Å². The zero-order valence-corrected chi connectivity index (χ0v) is 11.5. The van der Waals surface area contributed by atoms with Crippen LogP contribution in [0, 0.1) is 18.8 Å². The van der Waals surface area contributed by atoms with E-state index >= 15 is 0 Å². The minimum Gasteiger partial charge on any atom is -0.308 e. The number of thiazole rings is 1. The Labute approximate surface area is 107 Å². The van der Waals surface area contributed by atoms with Gasteiger partial charge in [0.25, 0.3) is 0 Å². The van der Waals surface area contributed by atoms with E-state index < -0.39 is 0 Å². The van der Waals surface area contributed by atoms with Gasteiger partial charge in [0.1, 0.15) is 0 Å². The molecule has 94 valence electrons. The zero-order valence-electron chi connectivity index (χ0n) is 10.6. The minimum absolute atomic E-state index is 0.743. The van der Waals surface area contributed by atoms with Gasteiger partial charge < -0.3 is 10.2 Å². The number of likely N-dealkylation sites (tertiary alicyclic amines) is 1. The highest BCUT2D eigenvalue weighted by molar-refractivity contribution is 7.09. The standard InChI is InChI=1S/C13H21N3S/c1-9-12(17-8-15-9)5-14-13-10-3-4-11(13)7-16(2)6-10/h8,10-11,13-14H,3-7H2,1-2H3. The Kier molecular flexibility index (Phi) is 3.19. The normalized spacial score (nSPS) is 33.2. The van der Waals surface area contributed by atoms with E-state index in [2.05, 4.69) is 29.2 Å². The second-order valence-corrected chi connectivity index (χ2v) is 6.53. The molecule has 2 bridgehead atoms. The first-order chi connectivity index (χ1) is 8.24. The van der Waals surface area contributed by atoms with Gasteiger partial charge in [-0.05, 0) is 38.6 Å². The number of nitrogens with zero attached hydrogens (tertiary/aromatic N) is 2. The highest BCUT2D eigenvalue weighted by atomic mass is 32.1. The molecule has 0 radical (unpaired) electrons. The summed E-state index contributed by atoms with van der Waals surface area (Å²) in [5.41, 5.74) is 3.15. The van der Waals surface area contributed by atoms with Crippen molar-refractivity contribution in [2.45, 2.75) is 32.4 Å². The molecule has 1 N–H and O–H groups in total. The fourth-order valence-electron chi connectivity index (χ4n) is 3.50. The van der Waals surface area contributed by atoms with Crippen LogP contribution in [0.5, 0.6) is 0 Å². The van der Waals surface area contributed by atoms with Crippen molar-refractivity contribution >= 4 is 11.3 Å². The molecule has 1 aromatic heterocycles. The van der Waals surface area contributed by atoms with E-state index in [1.807, 2.05) is 5.51 Å². The average molecular weight is 251 g/mol. The summed E-state index contributed by atoms with van der Waals surface area (Å²) in [5, 5.41) is 3.79. The van der Waals surface area contributed by atoms with Crippen LogP contribution in [0.1, 0.15) is 23.4 Å². The molecule has 0 aromatic carbocycles. The van der Waals surface area contributed by atoms with E-state index in [9.17, 15) is 0 Å². The molecule has 4 heteroatoms. The van der Waals surface area contributed by atoms with E-state index in [-0.39, 0.29) is 0 Å². The topological polar surface area (TPSA) is 28.2 Å². The van der Waals surface area contributed by atoms with Gasteiger partial charge >= 0.3 is 0 Å². The summed E-state index contributed by atoms with van der Waals surface area (Å²) in [4.78, 5) is 8.22. The largest absolute Gasteiger partial charge is 0.308 e. The van der Waals surface area contributed by atoms with Gasteiger partial charge in [-0.15, -0.1) is 11.3 Å². The first kappa shape index (κ1) is 11.6. The predicted molar refractivity (Wildman–Crippen MR) is 71.2 cm³/mol. The molecule has 2 aliphatic rings. The molecule has 3 rings (SSSR count). The summed E-state index contributed by atoms with van der Waals surface area (Å²) in [6.07, 6.45) is 2.82. The van der Waals surface area contributed by atoms with Crippen molar-refractivity contribution in [2.24, 2.45) is 11.8 Å². The molecule has 1 aliphatic heterocycles. The van der Waals surface area contributed by atoms with Crippen LogP contribution in [0.2, 0.25) is 0 Å². The van der Waals surface area contributed by atoms with Crippen LogP contribution in [0.25, 0.3) is 0 Å². The van der Waals surface area contributed by atoms with Crippen LogP contribution < -0.4 is 5.32 Å². The minimum atomic E-state index is 0.743. The number of hydrogen-bond donors (Lipinski definition) is 1. The maximum atomic E-state index is 4.32. The Morgan fingerprint density at radius 2 is 2.12 bits per heavy atom. The maximum absolute atomic E-state index is 4.32. The molecule has 2 heterocycles. The van der Waals surface area contributed by atoms with Gasteiger partial charge in [-0.3, -0.25) is 0 Å². The van der Waals surface area contributed by atoms with Crippen molar-refractivity contribution in [1.29, 1.82) is 0 Å². The molecule has 17 heavy (non-hydrogen) atoms. The number of aryl methyl sites for hydroxylation is 1. The van der Waals surface area contributed by atoms with Crippen LogP contribution >= 0.6 is 11.3 Å². The highest BCUT2D eigenvalue weighted by Crippen LogP contribution is 2.36. The summed E-state index contributed by atoms with van der Waals surface area (Å²) >= 11 is 1.78. The number of piperidine rings is 1. The lowest BCUT2D eigenvalue weighted by Crippen LogP contribution is -2.49. The lowest BCUT2D eigenvalue weighted by Gasteiger charge is -2.36. The molecule has 0 spiro atoms. The predicted octanol–water partition coefficient (Wildman–Crippen LogP) is 1.88. The molecular weight excluding hydrogens is 230 g/mol. The first-order valence-corrected chi connectivity index (χ1v) is 7.43. The molecule has 2 atom stereocenters. The number of nitrogens with one attached hydrogen (secondary N) is 1. The Morgan fingerprint density at radius 3 is 2.71 bits per heavy atom. The molecule has 1 saturated carbocycles. The lowest BCUT2D eigenvalue weighted by molar-refractivity contribution is 0.154. The van der Waals surface area contributed by atoms with E-state index in [0.717, 1.165) is 24.4 Å². The van der Waals surface area contributed by atoms with Crippen molar-refractivity contribution in [3.05, 3.63) is 16.1 Å². The Morgan fingerprint density at radius 1 is 1.41 bits per heavy atom. The third-order valence-corrected chi connectivity index (χ3v) is 5.29. The summed E-state index contributed by atoms with van der Waals surface area (Å²) < 4.78 is 0. The molecule has 1 aromatic rings. The number of hydrogen-bond acceptors (Lipinski definition) is 4. The van der Waals surface area contributed by atoms with Gasteiger partial charge in [0.05, 0.1) is 11.2 Å². The highest BCUT2D eigenvalue weighted by Gasteiger charge is 2.40. The Hall–Kier alpha value is -0.450. The zero-order chi connectivity index (χ0) is 11.8. The quantitative estimate of drug-likeness (QED) is 0.889. The second kappa shape index (κ2) is 4.67. The first-order valence-electron chi connectivity index (χ1n) is 6.55. The molecule has 1 saturated heterocycles. The van der Waals surface area contributed by atoms with E-state index in [4.69, 9.17) is 0 Å². The van der Waals surface area contributed by atoms with Gasteiger partial charge in [-0.2, -0.15) is 0 Å². The second-order valence-electron chi connectivity index (χ2n) is 5.59. The third kappa shape index (κ3) is 2.26. The van der Waals surface area contributed by atoms with Crippen molar-refractivity contribution in [3.63, 3.8) is 0 Å². The molecular formula is C13H21N3S. The van der Waals surface area contributed by atoms with Gasteiger partial charge in [-0.25, -0.2) is 4.98 Å². The van der Waals surface area contributed by atoms with Gasteiger partial charge in [0.15, 0.2) is 0 Å². The van der Waals surface area contributed by atoms with Crippen LogP contribution in [0.3, 0.4) is 0 Å². The van der Waals surface area contributed by atoms with E-state index in [0.29, 0.717) is 0 Å². The van der Waals surface area contributed by atoms with Gasteiger partial charge in [0.2, 0.25) is 0 Å². The molecule has 3 nitrogen and oxygen atoms in total. The molecule has 2 fully saturated rings. The lowest BCUT2D eigenvalue weighted by atomic mass is 9.92. The van der Waals surface area contributed by atoms with Crippen molar-refractivity contribution < 1.29 is 0 Å². The van der Waals surface area contributed by atoms with E-state index in [1.165, 1.54) is 36.5 Å². The summed E-state index contributed by atoms with van der Waals surface area (Å²) in [5.74, 6) is 1.74. The fourth-order valence-corrected chi connectivity index (χ4v) is 4.22.